The standard InChI is InChI=1S/C26H34N6O3/c1-6-9-23(28-18(5)31-32(34)20-11-12-20)21(7-2)26(33)30-22-13-10-19(14-17(22)4)24-15-27-16-25(29-24)35-8-3/h6,9-10,13-16,20-21,31,34H,5,7-8,11-12H2,1-4H3,(H,30,33)/b9-6-,28-23+. The molecule has 1 aromatic carbocycles. The van der Waals surface area contributed by atoms with Gasteiger partial charge in [-0.2, -0.15) is 0 Å². The zero-order valence-corrected chi connectivity index (χ0v) is 20.8. The number of benzene rings is 1. The van der Waals surface area contributed by atoms with E-state index in [2.05, 4.69) is 32.3 Å². The van der Waals surface area contributed by atoms with Gasteiger partial charge < -0.3 is 10.1 Å². The van der Waals surface area contributed by atoms with Gasteiger partial charge in [0.15, 0.2) is 0 Å². The number of anilines is 1. The van der Waals surface area contributed by atoms with Crippen molar-refractivity contribution in [3.63, 3.8) is 0 Å². The molecule has 0 bridgehead atoms. The Hall–Kier alpha value is -3.56. The molecule has 1 unspecified atom stereocenters. The van der Waals surface area contributed by atoms with Crippen molar-refractivity contribution in [2.75, 3.05) is 11.9 Å². The van der Waals surface area contributed by atoms with Gasteiger partial charge in [-0.3, -0.25) is 20.4 Å². The van der Waals surface area contributed by atoms with Gasteiger partial charge in [-0.05, 0) is 63.8 Å². The van der Waals surface area contributed by atoms with Gasteiger partial charge >= 0.3 is 0 Å². The predicted octanol–water partition coefficient (Wildman–Crippen LogP) is 4.66. The summed E-state index contributed by atoms with van der Waals surface area (Å²) in [5, 5.41) is 14.0. The highest BCUT2D eigenvalue weighted by Gasteiger charge is 2.29. The van der Waals surface area contributed by atoms with Gasteiger partial charge in [0, 0.05) is 11.3 Å². The summed E-state index contributed by atoms with van der Waals surface area (Å²) in [5.74, 6) is 0.0774. The predicted molar refractivity (Wildman–Crippen MR) is 137 cm³/mol. The molecule has 1 saturated carbocycles. The number of hydroxylamine groups is 1. The number of ether oxygens (including phenoxy) is 1. The minimum atomic E-state index is -0.495. The Morgan fingerprint density at radius 2 is 2.14 bits per heavy atom. The van der Waals surface area contributed by atoms with Crippen molar-refractivity contribution in [1.29, 1.82) is 0 Å². The Morgan fingerprint density at radius 3 is 2.77 bits per heavy atom. The van der Waals surface area contributed by atoms with Crippen LogP contribution in [0.2, 0.25) is 0 Å². The summed E-state index contributed by atoms with van der Waals surface area (Å²) in [4.78, 5) is 26.4. The normalized spacial score (nSPS) is 14.7. The fraction of sp³-hybridized carbons (Fsp3) is 0.385. The summed E-state index contributed by atoms with van der Waals surface area (Å²) >= 11 is 0. The third kappa shape index (κ3) is 7.21. The molecule has 1 heterocycles. The largest absolute Gasteiger partial charge is 0.477 e. The second kappa shape index (κ2) is 12.2. The van der Waals surface area contributed by atoms with Crippen molar-refractivity contribution in [2.45, 2.75) is 53.0 Å². The van der Waals surface area contributed by atoms with Crippen LogP contribution in [0.1, 0.15) is 45.6 Å². The van der Waals surface area contributed by atoms with E-state index >= 15 is 0 Å². The number of allylic oxidation sites excluding steroid dienone is 2. The number of rotatable bonds is 12. The van der Waals surface area contributed by atoms with E-state index in [1.165, 1.54) is 0 Å². The van der Waals surface area contributed by atoms with Crippen molar-refractivity contribution >= 4 is 17.3 Å². The molecule has 3 N–H and O–H groups in total. The second-order valence-corrected chi connectivity index (χ2v) is 8.33. The smallest absolute Gasteiger partial charge is 0.233 e. The molecule has 0 spiro atoms. The van der Waals surface area contributed by atoms with Gasteiger partial charge in [0.05, 0.1) is 42.4 Å². The molecule has 186 valence electrons. The van der Waals surface area contributed by atoms with Crippen molar-refractivity contribution < 1.29 is 14.7 Å². The molecule has 1 aromatic heterocycles. The Balaban J connectivity index is 1.75. The Morgan fingerprint density at radius 1 is 1.37 bits per heavy atom. The molecule has 1 amide bonds. The minimum Gasteiger partial charge on any atom is -0.477 e. The fourth-order valence-electron chi connectivity index (χ4n) is 3.54. The average molecular weight is 479 g/mol. The zero-order valence-electron chi connectivity index (χ0n) is 20.8. The average Bonchev–Trinajstić information content (AvgIpc) is 3.67. The number of aliphatic imine (C=N–C) groups is 1. The van der Waals surface area contributed by atoms with E-state index in [1.54, 1.807) is 18.5 Å². The van der Waals surface area contributed by atoms with Gasteiger partial charge in [0.25, 0.3) is 0 Å². The Labute approximate surface area is 206 Å². The van der Waals surface area contributed by atoms with Gasteiger partial charge in [0.2, 0.25) is 11.8 Å². The monoisotopic (exact) mass is 478 g/mol. The molecule has 0 saturated heterocycles. The minimum absolute atomic E-state index is 0.0796. The highest BCUT2D eigenvalue weighted by molar-refractivity contribution is 6.13. The molecule has 2 aromatic rings. The van der Waals surface area contributed by atoms with Crippen molar-refractivity contribution in [3.05, 3.63) is 60.7 Å². The molecule has 1 fully saturated rings. The lowest BCUT2D eigenvalue weighted by molar-refractivity contribution is -0.136. The first kappa shape index (κ1) is 26.1. The van der Waals surface area contributed by atoms with Crippen molar-refractivity contribution in [3.8, 4) is 17.1 Å². The van der Waals surface area contributed by atoms with Crippen molar-refractivity contribution in [2.24, 2.45) is 10.9 Å². The number of nitrogens with one attached hydrogen (secondary N) is 2. The summed E-state index contributed by atoms with van der Waals surface area (Å²) in [6, 6.07) is 5.78. The summed E-state index contributed by atoms with van der Waals surface area (Å²) in [5.41, 5.74) is 6.50. The number of aryl methyl sites for hydroxylation is 1. The van der Waals surface area contributed by atoms with E-state index in [1.807, 2.05) is 52.0 Å². The Bertz CT molecular complexity index is 1110. The van der Waals surface area contributed by atoms with Crippen LogP contribution in [0.25, 0.3) is 11.3 Å². The molecule has 0 aliphatic heterocycles. The van der Waals surface area contributed by atoms with E-state index in [4.69, 9.17) is 4.74 Å². The third-order valence-corrected chi connectivity index (χ3v) is 5.50. The SMILES string of the molecule is C=C(/N=C(\C=C/C)C(CC)C(=O)Nc1ccc(-c2cncc(OCC)n2)cc1C)NN(O)C1CC1. The van der Waals surface area contributed by atoms with Crippen LogP contribution in [-0.2, 0) is 4.79 Å². The summed E-state index contributed by atoms with van der Waals surface area (Å²) in [6.07, 6.45) is 9.27. The number of carbonyl (C=O) groups excluding carboxylic acids is 1. The molecule has 3 rings (SSSR count). The summed E-state index contributed by atoms with van der Waals surface area (Å²) < 4.78 is 5.44. The fourth-order valence-corrected chi connectivity index (χ4v) is 3.54. The van der Waals surface area contributed by atoms with E-state index in [0.717, 1.165) is 29.1 Å². The number of nitrogens with zero attached hydrogens (tertiary/aromatic N) is 4. The first-order valence-electron chi connectivity index (χ1n) is 11.9. The lowest BCUT2D eigenvalue weighted by atomic mass is 9.98. The maximum absolute atomic E-state index is 13.2. The van der Waals surface area contributed by atoms with Crippen LogP contribution in [0.15, 0.2) is 60.1 Å². The first-order chi connectivity index (χ1) is 16.9. The lowest BCUT2D eigenvalue weighted by Crippen LogP contribution is -2.36. The van der Waals surface area contributed by atoms with Crippen LogP contribution < -0.4 is 15.5 Å². The maximum atomic E-state index is 13.2. The molecule has 1 aliphatic rings. The van der Waals surface area contributed by atoms with Gasteiger partial charge in [-0.1, -0.05) is 25.6 Å². The second-order valence-electron chi connectivity index (χ2n) is 8.33. The van der Waals surface area contributed by atoms with E-state index in [-0.39, 0.29) is 17.8 Å². The number of hydrogen-bond acceptors (Lipinski definition) is 8. The van der Waals surface area contributed by atoms with Crippen LogP contribution >= 0.6 is 0 Å². The zero-order chi connectivity index (χ0) is 25.4. The first-order valence-corrected chi connectivity index (χ1v) is 11.9. The van der Waals surface area contributed by atoms with E-state index in [0.29, 0.717) is 36.0 Å². The van der Waals surface area contributed by atoms with Gasteiger partial charge in [-0.15, -0.1) is 5.17 Å². The summed E-state index contributed by atoms with van der Waals surface area (Å²) in [7, 11) is 0. The third-order valence-electron chi connectivity index (χ3n) is 5.50. The van der Waals surface area contributed by atoms with Crippen LogP contribution in [-0.4, -0.2) is 44.6 Å². The van der Waals surface area contributed by atoms with Crippen LogP contribution in [0, 0.1) is 12.8 Å². The molecular weight excluding hydrogens is 444 g/mol. The molecule has 1 atom stereocenters. The Kier molecular flexibility index (Phi) is 9.11. The van der Waals surface area contributed by atoms with Crippen LogP contribution in [0.3, 0.4) is 0 Å². The molecule has 9 heteroatoms. The maximum Gasteiger partial charge on any atom is 0.233 e. The van der Waals surface area contributed by atoms with Crippen LogP contribution in [0.5, 0.6) is 5.88 Å². The van der Waals surface area contributed by atoms with Crippen LogP contribution in [0.4, 0.5) is 5.69 Å². The number of amides is 1. The van der Waals surface area contributed by atoms with Gasteiger partial charge in [0.1, 0.15) is 5.82 Å². The molecular formula is C26H34N6O3. The number of hydrazine groups is 1. The quantitative estimate of drug-likeness (QED) is 0.300. The highest BCUT2D eigenvalue weighted by atomic mass is 16.5. The molecule has 0 radical (unpaired) electrons. The molecule has 1 aliphatic carbocycles. The molecule has 35 heavy (non-hydrogen) atoms. The summed E-state index contributed by atoms with van der Waals surface area (Å²) in [6.45, 7) is 12.0. The van der Waals surface area contributed by atoms with E-state index < -0.39 is 5.92 Å². The number of hydrogen-bond donors (Lipinski definition) is 3. The topological polar surface area (TPSA) is 112 Å². The van der Waals surface area contributed by atoms with Crippen molar-refractivity contribution in [1.82, 2.24) is 20.6 Å². The van der Waals surface area contributed by atoms with E-state index in [9.17, 15) is 10.0 Å². The number of carbonyl (C=O) groups is 1. The number of aromatic nitrogens is 2. The van der Waals surface area contributed by atoms with Gasteiger partial charge in [-0.25, -0.2) is 9.98 Å². The molecule has 9 nitrogen and oxygen atoms in total. The highest BCUT2D eigenvalue weighted by Crippen LogP contribution is 2.26. The lowest BCUT2D eigenvalue weighted by Gasteiger charge is -2.19.